The SMILES string of the molecule is Cc1ccc(OCc2nnc(SCC(=O)Nc3ccc(C)cc3C)n2-c2ccccc2)cc1. The number of nitrogens with zero attached hydrogens (tertiary/aromatic N) is 3. The van der Waals surface area contributed by atoms with Crippen molar-refractivity contribution in [2.75, 3.05) is 11.1 Å². The second-order valence-electron chi connectivity index (χ2n) is 7.83. The number of carbonyl (C=O) groups is 1. The number of rotatable bonds is 8. The Kier molecular flexibility index (Phi) is 7.10. The van der Waals surface area contributed by atoms with Crippen molar-refractivity contribution >= 4 is 23.4 Å². The standard InChI is InChI=1S/C26H26N4O2S/c1-18-9-12-22(13-10-18)32-16-24-28-29-26(30(24)21-7-5-4-6-8-21)33-17-25(31)27-23-14-11-19(2)15-20(23)3/h4-15H,16-17H2,1-3H3,(H,27,31). The van der Waals surface area contributed by atoms with E-state index in [9.17, 15) is 4.79 Å². The number of benzene rings is 3. The second-order valence-corrected chi connectivity index (χ2v) is 8.77. The van der Waals surface area contributed by atoms with E-state index >= 15 is 0 Å². The van der Waals surface area contributed by atoms with E-state index in [4.69, 9.17) is 4.74 Å². The van der Waals surface area contributed by atoms with Crippen molar-refractivity contribution in [2.24, 2.45) is 0 Å². The maximum absolute atomic E-state index is 12.6. The molecule has 4 rings (SSSR count). The summed E-state index contributed by atoms with van der Waals surface area (Å²) in [5.74, 6) is 1.56. The summed E-state index contributed by atoms with van der Waals surface area (Å²) in [5.41, 5.74) is 5.12. The largest absolute Gasteiger partial charge is 0.486 e. The van der Waals surface area contributed by atoms with E-state index in [-0.39, 0.29) is 18.3 Å². The lowest BCUT2D eigenvalue weighted by atomic mass is 10.1. The molecule has 33 heavy (non-hydrogen) atoms. The van der Waals surface area contributed by atoms with Crippen molar-refractivity contribution in [1.82, 2.24) is 14.8 Å². The molecule has 0 radical (unpaired) electrons. The Hall–Kier alpha value is -3.58. The Labute approximate surface area is 198 Å². The van der Waals surface area contributed by atoms with Crippen LogP contribution in [0.3, 0.4) is 0 Å². The Morgan fingerprint density at radius 3 is 2.39 bits per heavy atom. The van der Waals surface area contributed by atoms with Gasteiger partial charge in [0, 0.05) is 11.4 Å². The summed E-state index contributed by atoms with van der Waals surface area (Å²) < 4.78 is 7.87. The van der Waals surface area contributed by atoms with Gasteiger partial charge >= 0.3 is 0 Å². The Morgan fingerprint density at radius 1 is 0.939 bits per heavy atom. The maximum Gasteiger partial charge on any atom is 0.234 e. The minimum absolute atomic E-state index is 0.0907. The number of aryl methyl sites for hydroxylation is 3. The molecule has 0 fully saturated rings. The predicted octanol–water partition coefficient (Wildman–Crippen LogP) is 5.50. The number of amides is 1. The first-order valence-electron chi connectivity index (χ1n) is 10.7. The Morgan fingerprint density at radius 2 is 1.67 bits per heavy atom. The van der Waals surface area contributed by atoms with Crippen LogP contribution in [0, 0.1) is 20.8 Å². The van der Waals surface area contributed by atoms with E-state index in [1.807, 2.05) is 92.1 Å². The second kappa shape index (κ2) is 10.4. The lowest BCUT2D eigenvalue weighted by Crippen LogP contribution is -2.15. The van der Waals surface area contributed by atoms with Crippen LogP contribution in [-0.2, 0) is 11.4 Å². The molecule has 4 aromatic rings. The molecule has 1 N–H and O–H groups in total. The van der Waals surface area contributed by atoms with Crippen molar-refractivity contribution in [1.29, 1.82) is 0 Å². The zero-order valence-electron chi connectivity index (χ0n) is 18.9. The van der Waals surface area contributed by atoms with Crippen LogP contribution in [0.15, 0.2) is 78.0 Å². The number of para-hydroxylation sites is 1. The van der Waals surface area contributed by atoms with E-state index in [1.54, 1.807) is 0 Å². The topological polar surface area (TPSA) is 69.0 Å². The highest BCUT2D eigenvalue weighted by Gasteiger charge is 2.17. The smallest absolute Gasteiger partial charge is 0.234 e. The molecule has 0 saturated carbocycles. The van der Waals surface area contributed by atoms with Gasteiger partial charge in [0.05, 0.1) is 5.75 Å². The third kappa shape index (κ3) is 5.81. The normalized spacial score (nSPS) is 10.8. The molecule has 0 bridgehead atoms. The number of hydrogen-bond acceptors (Lipinski definition) is 5. The van der Waals surface area contributed by atoms with Crippen LogP contribution in [0.4, 0.5) is 5.69 Å². The third-order valence-corrected chi connectivity index (χ3v) is 6.02. The number of hydrogen-bond donors (Lipinski definition) is 1. The summed E-state index contributed by atoms with van der Waals surface area (Å²) in [6.45, 7) is 6.32. The first kappa shape index (κ1) is 22.6. The van der Waals surface area contributed by atoms with Gasteiger partial charge < -0.3 is 10.1 Å². The summed E-state index contributed by atoms with van der Waals surface area (Å²) in [6, 6.07) is 23.7. The number of carbonyl (C=O) groups excluding carboxylic acids is 1. The number of anilines is 1. The number of nitrogens with one attached hydrogen (secondary N) is 1. The molecule has 168 valence electrons. The summed E-state index contributed by atoms with van der Waals surface area (Å²) in [5, 5.41) is 12.3. The molecular weight excluding hydrogens is 432 g/mol. The lowest BCUT2D eigenvalue weighted by Gasteiger charge is -2.12. The van der Waals surface area contributed by atoms with Crippen molar-refractivity contribution < 1.29 is 9.53 Å². The minimum Gasteiger partial charge on any atom is -0.486 e. The lowest BCUT2D eigenvalue weighted by molar-refractivity contribution is -0.113. The van der Waals surface area contributed by atoms with E-state index in [0.717, 1.165) is 28.3 Å². The third-order valence-electron chi connectivity index (χ3n) is 5.09. The number of thioether (sulfide) groups is 1. The van der Waals surface area contributed by atoms with Gasteiger partial charge in [-0.3, -0.25) is 9.36 Å². The molecule has 1 amide bonds. The Bertz CT molecular complexity index is 1240. The molecule has 1 heterocycles. The van der Waals surface area contributed by atoms with Crippen molar-refractivity contribution in [3.8, 4) is 11.4 Å². The average Bonchev–Trinajstić information content (AvgIpc) is 3.22. The van der Waals surface area contributed by atoms with Crippen molar-refractivity contribution in [2.45, 2.75) is 32.5 Å². The molecule has 0 unspecified atom stereocenters. The molecule has 0 aliphatic heterocycles. The van der Waals surface area contributed by atoms with Gasteiger partial charge in [0.25, 0.3) is 0 Å². The molecule has 0 atom stereocenters. The highest BCUT2D eigenvalue weighted by Crippen LogP contribution is 2.24. The van der Waals surface area contributed by atoms with Crippen molar-refractivity contribution in [3.63, 3.8) is 0 Å². The van der Waals surface area contributed by atoms with Crippen LogP contribution in [-0.4, -0.2) is 26.4 Å². The van der Waals surface area contributed by atoms with E-state index in [1.165, 1.54) is 17.3 Å². The summed E-state index contributed by atoms with van der Waals surface area (Å²) in [6.07, 6.45) is 0. The average molecular weight is 459 g/mol. The van der Waals surface area contributed by atoms with E-state index < -0.39 is 0 Å². The van der Waals surface area contributed by atoms with Gasteiger partial charge in [-0.1, -0.05) is 65.4 Å². The van der Waals surface area contributed by atoms with Crippen LogP contribution in [0.5, 0.6) is 5.75 Å². The molecule has 0 aliphatic carbocycles. The summed E-state index contributed by atoms with van der Waals surface area (Å²) in [4.78, 5) is 12.6. The molecule has 0 aliphatic rings. The minimum atomic E-state index is -0.0907. The zero-order chi connectivity index (χ0) is 23.2. The molecule has 3 aromatic carbocycles. The van der Waals surface area contributed by atoms with Crippen LogP contribution in [0.1, 0.15) is 22.5 Å². The molecule has 6 nitrogen and oxygen atoms in total. The maximum atomic E-state index is 12.6. The summed E-state index contributed by atoms with van der Waals surface area (Å²) >= 11 is 1.34. The van der Waals surface area contributed by atoms with Gasteiger partial charge in [-0.2, -0.15) is 0 Å². The van der Waals surface area contributed by atoms with Gasteiger partial charge in [-0.15, -0.1) is 10.2 Å². The van der Waals surface area contributed by atoms with Crippen molar-refractivity contribution in [3.05, 3.63) is 95.3 Å². The van der Waals surface area contributed by atoms with E-state index in [2.05, 4.69) is 21.6 Å². The molecule has 7 heteroatoms. The van der Waals surface area contributed by atoms with Crippen LogP contribution in [0.25, 0.3) is 5.69 Å². The highest BCUT2D eigenvalue weighted by atomic mass is 32.2. The predicted molar refractivity (Wildman–Crippen MR) is 132 cm³/mol. The zero-order valence-corrected chi connectivity index (χ0v) is 19.7. The molecule has 0 saturated heterocycles. The van der Waals surface area contributed by atoms with Gasteiger partial charge in [-0.25, -0.2) is 0 Å². The van der Waals surface area contributed by atoms with Gasteiger partial charge in [0.1, 0.15) is 12.4 Å². The van der Waals surface area contributed by atoms with Crippen LogP contribution >= 0.6 is 11.8 Å². The summed E-state index contributed by atoms with van der Waals surface area (Å²) in [7, 11) is 0. The Balaban J connectivity index is 1.49. The number of aromatic nitrogens is 3. The molecule has 1 aromatic heterocycles. The quantitative estimate of drug-likeness (QED) is 0.353. The van der Waals surface area contributed by atoms with Crippen LogP contribution in [0.2, 0.25) is 0 Å². The fourth-order valence-electron chi connectivity index (χ4n) is 3.38. The fourth-order valence-corrected chi connectivity index (χ4v) is 4.15. The fraction of sp³-hybridized carbons (Fsp3) is 0.192. The van der Waals surface area contributed by atoms with Crippen LogP contribution < -0.4 is 10.1 Å². The first-order valence-corrected chi connectivity index (χ1v) is 11.7. The van der Waals surface area contributed by atoms with Gasteiger partial charge in [0.15, 0.2) is 11.0 Å². The molecular formula is C26H26N4O2S. The van der Waals surface area contributed by atoms with Gasteiger partial charge in [-0.05, 0) is 56.7 Å². The molecule has 0 spiro atoms. The highest BCUT2D eigenvalue weighted by molar-refractivity contribution is 7.99. The number of ether oxygens (including phenoxy) is 1. The van der Waals surface area contributed by atoms with E-state index in [0.29, 0.717) is 11.0 Å². The van der Waals surface area contributed by atoms with Gasteiger partial charge in [0.2, 0.25) is 5.91 Å². The monoisotopic (exact) mass is 458 g/mol. The first-order chi connectivity index (χ1) is 16.0.